The van der Waals surface area contributed by atoms with Crippen molar-refractivity contribution in [1.29, 1.82) is 0 Å². The molecule has 82 valence electrons. The summed E-state index contributed by atoms with van der Waals surface area (Å²) in [6.07, 6.45) is 0. The first kappa shape index (κ1) is 11.6. The van der Waals surface area contributed by atoms with E-state index < -0.39 is 0 Å². The van der Waals surface area contributed by atoms with Crippen LogP contribution in [-0.2, 0) is 0 Å². The van der Waals surface area contributed by atoms with E-state index in [2.05, 4.69) is 5.32 Å². The van der Waals surface area contributed by atoms with Crippen LogP contribution in [0, 0.1) is 6.92 Å². The van der Waals surface area contributed by atoms with Gasteiger partial charge in [-0.1, -0.05) is 6.07 Å². The van der Waals surface area contributed by atoms with E-state index >= 15 is 0 Å². The normalized spacial score (nSPS) is 11.2. The number of hydrogen-bond acceptors (Lipinski definition) is 2. The van der Waals surface area contributed by atoms with Crippen molar-refractivity contribution in [3.8, 4) is 5.75 Å². The molecule has 0 spiro atoms. The molecule has 3 nitrogen and oxygen atoms in total. The van der Waals surface area contributed by atoms with Crippen LogP contribution < -0.4 is 5.32 Å². The number of phenolic OH excluding ortho intramolecular Hbond substituents is 1. The molecule has 3 heteroatoms. The van der Waals surface area contributed by atoms with Gasteiger partial charge in [-0.2, -0.15) is 0 Å². The number of carbonyl (C=O) groups is 1. The third kappa shape index (κ3) is 2.98. The van der Waals surface area contributed by atoms with Crippen LogP contribution in [0.4, 0.5) is 0 Å². The van der Waals surface area contributed by atoms with Gasteiger partial charge in [-0.15, -0.1) is 0 Å². The first-order valence-electron chi connectivity index (χ1n) is 4.92. The highest BCUT2D eigenvalue weighted by Crippen LogP contribution is 2.19. The van der Waals surface area contributed by atoms with Gasteiger partial charge in [-0.05, 0) is 39.8 Å². The fraction of sp³-hybridized carbons (Fsp3) is 0.417. The Kier molecular flexibility index (Phi) is 3.03. The number of hydrogen-bond donors (Lipinski definition) is 2. The van der Waals surface area contributed by atoms with Crippen LogP contribution in [-0.4, -0.2) is 16.6 Å². The number of aromatic hydroxyl groups is 1. The quantitative estimate of drug-likeness (QED) is 0.742. The molecule has 0 heterocycles. The SMILES string of the molecule is Cc1c(O)cccc1C(=O)NC(C)(C)C. The molecule has 0 saturated carbocycles. The predicted molar refractivity (Wildman–Crippen MR) is 60.1 cm³/mol. The Morgan fingerprint density at radius 3 is 2.47 bits per heavy atom. The maximum Gasteiger partial charge on any atom is 0.252 e. The molecule has 0 aliphatic carbocycles. The molecule has 0 atom stereocenters. The zero-order chi connectivity index (χ0) is 11.6. The summed E-state index contributed by atoms with van der Waals surface area (Å²) in [4.78, 5) is 11.8. The third-order valence-electron chi connectivity index (χ3n) is 2.04. The Hall–Kier alpha value is -1.51. The number of carbonyl (C=O) groups excluding carboxylic acids is 1. The summed E-state index contributed by atoms with van der Waals surface area (Å²) in [5, 5.41) is 12.3. The zero-order valence-corrected chi connectivity index (χ0v) is 9.59. The first-order valence-corrected chi connectivity index (χ1v) is 4.92. The van der Waals surface area contributed by atoms with Crippen LogP contribution in [0.15, 0.2) is 18.2 Å². The smallest absolute Gasteiger partial charge is 0.252 e. The fourth-order valence-electron chi connectivity index (χ4n) is 1.28. The Morgan fingerprint density at radius 2 is 1.93 bits per heavy atom. The molecule has 1 rings (SSSR count). The lowest BCUT2D eigenvalue weighted by molar-refractivity contribution is 0.0918. The minimum Gasteiger partial charge on any atom is -0.508 e. The maximum absolute atomic E-state index is 11.8. The Bertz CT molecular complexity index is 378. The van der Waals surface area contributed by atoms with Gasteiger partial charge in [-0.25, -0.2) is 0 Å². The Morgan fingerprint density at radius 1 is 1.33 bits per heavy atom. The van der Waals surface area contributed by atoms with Gasteiger partial charge in [0.2, 0.25) is 0 Å². The average Bonchev–Trinajstić information content (AvgIpc) is 2.06. The summed E-state index contributed by atoms with van der Waals surface area (Å²) in [6, 6.07) is 4.94. The van der Waals surface area contributed by atoms with Gasteiger partial charge in [-0.3, -0.25) is 4.79 Å². The molecule has 15 heavy (non-hydrogen) atoms. The van der Waals surface area contributed by atoms with E-state index in [9.17, 15) is 9.90 Å². The lowest BCUT2D eigenvalue weighted by Crippen LogP contribution is -2.40. The molecule has 0 aliphatic rings. The van der Waals surface area contributed by atoms with Gasteiger partial charge >= 0.3 is 0 Å². The van der Waals surface area contributed by atoms with Crippen LogP contribution in [0.25, 0.3) is 0 Å². The molecule has 0 saturated heterocycles. The molecule has 2 N–H and O–H groups in total. The zero-order valence-electron chi connectivity index (χ0n) is 9.59. The number of phenols is 1. The van der Waals surface area contributed by atoms with Gasteiger partial charge in [0, 0.05) is 16.7 Å². The van der Waals surface area contributed by atoms with E-state index in [4.69, 9.17) is 0 Å². The van der Waals surface area contributed by atoms with E-state index in [1.54, 1.807) is 25.1 Å². The highest BCUT2D eigenvalue weighted by molar-refractivity contribution is 5.96. The highest BCUT2D eigenvalue weighted by atomic mass is 16.3. The number of amides is 1. The number of rotatable bonds is 1. The lowest BCUT2D eigenvalue weighted by atomic mass is 10.0. The molecule has 0 aliphatic heterocycles. The minimum atomic E-state index is -0.269. The predicted octanol–water partition coefficient (Wildman–Crippen LogP) is 2.23. The van der Waals surface area contributed by atoms with Crippen molar-refractivity contribution in [3.05, 3.63) is 29.3 Å². The molecule has 0 unspecified atom stereocenters. The van der Waals surface area contributed by atoms with Crippen LogP contribution in [0.3, 0.4) is 0 Å². The van der Waals surface area contributed by atoms with Crippen molar-refractivity contribution >= 4 is 5.91 Å². The molecule has 1 amide bonds. The lowest BCUT2D eigenvalue weighted by Gasteiger charge is -2.21. The summed E-state index contributed by atoms with van der Waals surface area (Å²) in [6.45, 7) is 7.49. The topological polar surface area (TPSA) is 49.3 Å². The second-order valence-corrected chi connectivity index (χ2v) is 4.65. The van der Waals surface area contributed by atoms with Gasteiger partial charge in [0.1, 0.15) is 5.75 Å². The molecule has 1 aromatic carbocycles. The maximum atomic E-state index is 11.8. The summed E-state index contributed by atoms with van der Waals surface area (Å²) in [7, 11) is 0. The van der Waals surface area contributed by atoms with Crippen molar-refractivity contribution in [2.24, 2.45) is 0 Å². The molecular formula is C12H17NO2. The highest BCUT2D eigenvalue weighted by Gasteiger charge is 2.17. The number of benzene rings is 1. The molecule has 0 bridgehead atoms. The molecule has 0 fully saturated rings. The van der Waals surface area contributed by atoms with Gasteiger partial charge in [0.05, 0.1) is 0 Å². The minimum absolute atomic E-state index is 0.150. The van der Waals surface area contributed by atoms with Gasteiger partial charge in [0.15, 0.2) is 0 Å². The van der Waals surface area contributed by atoms with Crippen molar-refractivity contribution in [2.75, 3.05) is 0 Å². The monoisotopic (exact) mass is 207 g/mol. The molecule has 0 aromatic heterocycles. The third-order valence-corrected chi connectivity index (χ3v) is 2.04. The van der Waals surface area contributed by atoms with E-state index in [-0.39, 0.29) is 17.2 Å². The second kappa shape index (κ2) is 3.93. The van der Waals surface area contributed by atoms with E-state index in [1.807, 2.05) is 20.8 Å². The summed E-state index contributed by atoms with van der Waals surface area (Å²) in [5.74, 6) is -0.00698. The molecular weight excluding hydrogens is 190 g/mol. The van der Waals surface area contributed by atoms with Crippen LogP contribution >= 0.6 is 0 Å². The van der Waals surface area contributed by atoms with Crippen molar-refractivity contribution in [1.82, 2.24) is 5.32 Å². The van der Waals surface area contributed by atoms with E-state index in [0.717, 1.165) is 0 Å². The second-order valence-electron chi connectivity index (χ2n) is 4.65. The van der Waals surface area contributed by atoms with Crippen LogP contribution in [0.2, 0.25) is 0 Å². The largest absolute Gasteiger partial charge is 0.508 e. The Labute approximate surface area is 90.1 Å². The van der Waals surface area contributed by atoms with E-state index in [0.29, 0.717) is 11.1 Å². The average molecular weight is 207 g/mol. The molecule has 0 radical (unpaired) electrons. The van der Waals surface area contributed by atoms with Crippen LogP contribution in [0.1, 0.15) is 36.7 Å². The molecule has 1 aromatic rings. The summed E-state index contributed by atoms with van der Waals surface area (Å²) < 4.78 is 0. The van der Waals surface area contributed by atoms with Crippen molar-refractivity contribution < 1.29 is 9.90 Å². The van der Waals surface area contributed by atoms with Gasteiger partial charge < -0.3 is 10.4 Å². The van der Waals surface area contributed by atoms with Gasteiger partial charge in [0.25, 0.3) is 5.91 Å². The fourth-order valence-corrected chi connectivity index (χ4v) is 1.28. The summed E-state index contributed by atoms with van der Waals surface area (Å²) >= 11 is 0. The van der Waals surface area contributed by atoms with Crippen molar-refractivity contribution in [2.45, 2.75) is 33.2 Å². The first-order chi connectivity index (χ1) is 6.81. The van der Waals surface area contributed by atoms with Crippen LogP contribution in [0.5, 0.6) is 5.75 Å². The number of nitrogens with one attached hydrogen (secondary N) is 1. The van der Waals surface area contributed by atoms with E-state index in [1.165, 1.54) is 0 Å². The van der Waals surface area contributed by atoms with Crippen molar-refractivity contribution in [3.63, 3.8) is 0 Å². The standard InChI is InChI=1S/C12H17NO2/c1-8-9(6-5-7-10(8)14)11(15)13-12(2,3)4/h5-7,14H,1-4H3,(H,13,15). The summed E-state index contributed by atoms with van der Waals surface area (Å²) in [5.41, 5.74) is 0.860. The Balaban J connectivity index is 2.97.